The quantitative estimate of drug-likeness (QED) is 0.722. The van der Waals surface area contributed by atoms with Crippen molar-refractivity contribution in [1.29, 1.82) is 0 Å². The number of nitrogens with zero attached hydrogens (tertiary/aromatic N) is 2. The van der Waals surface area contributed by atoms with Crippen molar-refractivity contribution in [3.05, 3.63) is 53.6 Å². The molecule has 0 aromatic heterocycles. The third-order valence-electron chi connectivity index (χ3n) is 6.11. The van der Waals surface area contributed by atoms with Crippen molar-refractivity contribution >= 4 is 11.8 Å². The van der Waals surface area contributed by atoms with Crippen LogP contribution >= 0.6 is 0 Å². The van der Waals surface area contributed by atoms with E-state index in [-0.39, 0.29) is 6.09 Å². The summed E-state index contributed by atoms with van der Waals surface area (Å²) in [7, 11) is 2.21. The normalized spacial score (nSPS) is 19.2. The molecule has 2 heterocycles. The molecule has 31 heavy (non-hydrogen) atoms. The highest BCUT2D eigenvalue weighted by Gasteiger charge is 2.30. The topological polar surface area (TPSA) is 44.8 Å². The van der Waals surface area contributed by atoms with E-state index in [9.17, 15) is 4.79 Å². The van der Waals surface area contributed by atoms with E-state index < -0.39 is 5.60 Å². The standard InChI is InChI=1S/C26H35N3O2/c1-26(2,3)31-25(30)29-17-21-13-22(27-15-19-9-8-12-28(4)16-19)14-23(24(21)18-29)20-10-6-5-7-11-20/h5-7,10-11,13-14,19,27H,8-9,12,15-18H2,1-4H3. The summed E-state index contributed by atoms with van der Waals surface area (Å²) < 4.78 is 5.63. The van der Waals surface area contributed by atoms with Crippen LogP contribution in [0.25, 0.3) is 11.1 Å². The number of carbonyl (C=O) groups is 1. The van der Waals surface area contributed by atoms with Gasteiger partial charge >= 0.3 is 6.09 Å². The zero-order valence-electron chi connectivity index (χ0n) is 19.3. The van der Waals surface area contributed by atoms with Crippen molar-refractivity contribution in [1.82, 2.24) is 9.80 Å². The molecule has 4 rings (SSSR count). The van der Waals surface area contributed by atoms with Gasteiger partial charge in [-0.15, -0.1) is 0 Å². The maximum Gasteiger partial charge on any atom is 0.410 e. The summed E-state index contributed by atoms with van der Waals surface area (Å²) in [5.74, 6) is 0.672. The van der Waals surface area contributed by atoms with Gasteiger partial charge in [0.05, 0.1) is 6.54 Å². The number of hydrogen-bond acceptors (Lipinski definition) is 4. The van der Waals surface area contributed by atoms with Gasteiger partial charge in [0.2, 0.25) is 0 Å². The SMILES string of the molecule is CN1CCCC(CNc2cc3c(c(-c4ccccc4)c2)CN(C(=O)OC(C)(C)C)C3)C1. The maximum atomic E-state index is 12.7. The van der Waals surface area contributed by atoms with Crippen LogP contribution in [0, 0.1) is 5.92 Å². The van der Waals surface area contributed by atoms with Gasteiger partial charge in [0.1, 0.15) is 5.60 Å². The molecular formula is C26H35N3O2. The minimum Gasteiger partial charge on any atom is -0.444 e. The van der Waals surface area contributed by atoms with E-state index in [4.69, 9.17) is 4.74 Å². The third kappa shape index (κ3) is 5.40. The molecule has 1 fully saturated rings. The van der Waals surface area contributed by atoms with Crippen LogP contribution in [0.2, 0.25) is 0 Å². The minimum absolute atomic E-state index is 0.248. The number of amides is 1. The van der Waals surface area contributed by atoms with Crippen LogP contribution in [0.5, 0.6) is 0 Å². The second-order valence-corrected chi connectivity index (χ2v) is 10.0. The van der Waals surface area contributed by atoms with Gasteiger partial charge in [-0.3, -0.25) is 4.90 Å². The Hall–Kier alpha value is -2.53. The van der Waals surface area contributed by atoms with E-state index in [0.717, 1.165) is 18.8 Å². The number of rotatable bonds is 4. The molecule has 5 heteroatoms. The van der Waals surface area contributed by atoms with Crippen LogP contribution < -0.4 is 5.32 Å². The molecule has 5 nitrogen and oxygen atoms in total. The Bertz CT molecular complexity index is 920. The van der Waals surface area contributed by atoms with Gasteiger partial charge in [0.15, 0.2) is 0 Å². The Morgan fingerprint density at radius 2 is 1.94 bits per heavy atom. The molecule has 1 saturated heterocycles. The van der Waals surface area contributed by atoms with E-state index >= 15 is 0 Å². The van der Waals surface area contributed by atoms with Crippen LogP contribution in [-0.4, -0.2) is 48.2 Å². The van der Waals surface area contributed by atoms with E-state index in [1.165, 1.54) is 41.6 Å². The Morgan fingerprint density at radius 1 is 1.16 bits per heavy atom. The molecule has 2 aliphatic heterocycles. The van der Waals surface area contributed by atoms with Crippen LogP contribution in [-0.2, 0) is 17.8 Å². The molecule has 0 bridgehead atoms. The number of fused-ring (bicyclic) bond motifs is 1. The van der Waals surface area contributed by atoms with Crippen LogP contribution in [0.4, 0.5) is 10.5 Å². The van der Waals surface area contributed by atoms with Crippen molar-refractivity contribution in [2.75, 3.05) is 32.0 Å². The summed E-state index contributed by atoms with van der Waals surface area (Å²) in [6.07, 6.45) is 2.30. The van der Waals surface area contributed by atoms with Gasteiger partial charge in [0.25, 0.3) is 0 Å². The molecule has 166 valence electrons. The lowest BCUT2D eigenvalue weighted by atomic mass is 9.95. The second-order valence-electron chi connectivity index (χ2n) is 10.0. The lowest BCUT2D eigenvalue weighted by molar-refractivity contribution is 0.0242. The minimum atomic E-state index is -0.492. The average molecular weight is 422 g/mol. The molecule has 0 saturated carbocycles. The highest BCUT2D eigenvalue weighted by atomic mass is 16.6. The summed E-state index contributed by atoms with van der Waals surface area (Å²) >= 11 is 0. The predicted molar refractivity (Wildman–Crippen MR) is 126 cm³/mol. The monoisotopic (exact) mass is 421 g/mol. The average Bonchev–Trinajstić information content (AvgIpc) is 3.16. The predicted octanol–water partition coefficient (Wildman–Crippen LogP) is 5.36. The van der Waals surface area contributed by atoms with Crippen molar-refractivity contribution in [2.24, 2.45) is 5.92 Å². The fourth-order valence-corrected chi connectivity index (χ4v) is 4.65. The maximum absolute atomic E-state index is 12.7. The number of hydrogen-bond donors (Lipinski definition) is 1. The van der Waals surface area contributed by atoms with Crippen molar-refractivity contribution in [3.8, 4) is 11.1 Å². The smallest absolute Gasteiger partial charge is 0.410 e. The largest absolute Gasteiger partial charge is 0.444 e. The molecule has 2 aliphatic rings. The number of piperidine rings is 1. The fraction of sp³-hybridized carbons (Fsp3) is 0.500. The Balaban J connectivity index is 1.57. The fourth-order valence-electron chi connectivity index (χ4n) is 4.65. The Kier molecular flexibility index (Phi) is 6.24. The summed E-state index contributed by atoms with van der Waals surface area (Å²) in [4.78, 5) is 16.9. The molecule has 2 aromatic carbocycles. The van der Waals surface area contributed by atoms with Crippen LogP contribution in [0.1, 0.15) is 44.7 Å². The van der Waals surface area contributed by atoms with Gasteiger partial charge in [0, 0.05) is 25.3 Å². The van der Waals surface area contributed by atoms with Crippen molar-refractivity contribution < 1.29 is 9.53 Å². The number of nitrogens with one attached hydrogen (secondary N) is 1. The number of benzene rings is 2. The Morgan fingerprint density at radius 3 is 2.65 bits per heavy atom. The second kappa shape index (κ2) is 8.91. The van der Waals surface area contributed by atoms with E-state index in [0.29, 0.717) is 19.0 Å². The summed E-state index contributed by atoms with van der Waals surface area (Å²) in [6.45, 7) is 10.2. The highest BCUT2D eigenvalue weighted by Crippen LogP contribution is 2.36. The molecular weight excluding hydrogens is 386 g/mol. The molecule has 1 atom stereocenters. The van der Waals surface area contributed by atoms with Gasteiger partial charge in [-0.2, -0.15) is 0 Å². The lowest BCUT2D eigenvalue weighted by Crippen LogP contribution is -2.35. The first-order valence-corrected chi connectivity index (χ1v) is 11.4. The van der Waals surface area contributed by atoms with Gasteiger partial charge in [-0.25, -0.2) is 4.79 Å². The molecule has 1 unspecified atom stereocenters. The molecule has 1 amide bonds. The van der Waals surface area contributed by atoms with Gasteiger partial charge < -0.3 is 15.0 Å². The van der Waals surface area contributed by atoms with Gasteiger partial charge in [-0.05, 0) is 87.5 Å². The highest BCUT2D eigenvalue weighted by molar-refractivity contribution is 5.77. The van der Waals surface area contributed by atoms with E-state index in [1.807, 2.05) is 31.7 Å². The first-order chi connectivity index (χ1) is 14.8. The first-order valence-electron chi connectivity index (χ1n) is 11.4. The molecule has 2 aromatic rings. The lowest BCUT2D eigenvalue weighted by Gasteiger charge is -2.30. The van der Waals surface area contributed by atoms with Crippen molar-refractivity contribution in [2.45, 2.75) is 52.3 Å². The number of anilines is 1. The zero-order valence-corrected chi connectivity index (χ0v) is 19.3. The zero-order chi connectivity index (χ0) is 22.0. The third-order valence-corrected chi connectivity index (χ3v) is 6.11. The molecule has 0 spiro atoms. The van der Waals surface area contributed by atoms with Gasteiger partial charge in [-0.1, -0.05) is 30.3 Å². The van der Waals surface area contributed by atoms with Crippen LogP contribution in [0.3, 0.4) is 0 Å². The molecule has 0 aliphatic carbocycles. The number of likely N-dealkylation sites (tertiary alicyclic amines) is 1. The number of ether oxygens (including phenoxy) is 1. The molecule has 1 N–H and O–H groups in total. The van der Waals surface area contributed by atoms with Crippen molar-refractivity contribution in [3.63, 3.8) is 0 Å². The Labute approximate surface area is 186 Å². The first kappa shape index (κ1) is 21.7. The van der Waals surface area contributed by atoms with Crippen LogP contribution in [0.15, 0.2) is 42.5 Å². The van der Waals surface area contributed by atoms with E-state index in [1.54, 1.807) is 0 Å². The summed E-state index contributed by atoms with van der Waals surface area (Å²) in [5, 5.41) is 3.70. The molecule has 0 radical (unpaired) electrons. The van der Waals surface area contributed by atoms with E-state index in [2.05, 4.69) is 53.7 Å². The summed E-state index contributed by atoms with van der Waals surface area (Å²) in [5.41, 5.74) is 5.46. The summed E-state index contributed by atoms with van der Waals surface area (Å²) in [6, 6.07) is 14.9. The number of carbonyl (C=O) groups excluding carboxylic acids is 1.